The van der Waals surface area contributed by atoms with Gasteiger partial charge in [-0.05, 0) is 76.2 Å². The summed E-state index contributed by atoms with van der Waals surface area (Å²) < 4.78 is 39.3. The molecule has 0 aromatic heterocycles. The molecule has 0 radical (unpaired) electrons. The fraction of sp³-hybridized carbons (Fsp3) is 0.296. The zero-order valence-electron chi connectivity index (χ0n) is 20.5. The van der Waals surface area contributed by atoms with Gasteiger partial charge >= 0.3 is 0 Å². The molecule has 1 atom stereocenters. The van der Waals surface area contributed by atoms with E-state index in [1.54, 1.807) is 24.3 Å². The van der Waals surface area contributed by atoms with E-state index in [4.69, 9.17) is 9.47 Å². The van der Waals surface area contributed by atoms with Crippen LogP contribution < -0.4 is 19.1 Å². The normalized spacial score (nSPS) is 12.0. The third kappa shape index (κ3) is 7.23. The average molecular weight is 497 g/mol. The highest BCUT2D eigenvalue weighted by Gasteiger charge is 2.27. The Balaban J connectivity index is 1.74. The van der Waals surface area contributed by atoms with Gasteiger partial charge in [-0.2, -0.15) is 0 Å². The lowest BCUT2D eigenvalue weighted by molar-refractivity contribution is -0.120. The van der Waals surface area contributed by atoms with Crippen molar-refractivity contribution in [3.8, 4) is 11.5 Å². The molecule has 0 aliphatic heterocycles. The van der Waals surface area contributed by atoms with Gasteiger partial charge in [-0.15, -0.1) is 0 Å². The molecule has 7 nitrogen and oxygen atoms in total. The molecule has 3 aromatic carbocycles. The Hall–Kier alpha value is -3.52. The smallest absolute Gasteiger partial charge is 0.264 e. The first kappa shape index (κ1) is 26.1. The second kappa shape index (κ2) is 11.8. The Labute approximate surface area is 207 Å². The van der Waals surface area contributed by atoms with E-state index in [1.165, 1.54) is 12.1 Å². The van der Waals surface area contributed by atoms with Gasteiger partial charge in [0.2, 0.25) is 5.91 Å². The minimum atomic E-state index is -4.00. The van der Waals surface area contributed by atoms with Crippen molar-refractivity contribution in [2.75, 3.05) is 24.1 Å². The lowest BCUT2D eigenvalue weighted by atomic mass is 10.2. The molecular weight excluding hydrogens is 464 g/mol. The number of hydrogen-bond acceptors (Lipinski definition) is 5. The molecule has 0 saturated heterocycles. The molecule has 0 saturated carbocycles. The molecular formula is C27H32N2O5S. The maximum absolute atomic E-state index is 13.5. The van der Waals surface area contributed by atoms with Gasteiger partial charge in [-0.1, -0.05) is 35.4 Å². The van der Waals surface area contributed by atoms with E-state index in [0.29, 0.717) is 23.8 Å². The Morgan fingerprint density at radius 3 is 1.94 bits per heavy atom. The van der Waals surface area contributed by atoms with Crippen molar-refractivity contribution in [3.63, 3.8) is 0 Å². The molecule has 0 bridgehead atoms. The molecule has 186 valence electrons. The third-order valence-electron chi connectivity index (χ3n) is 5.26. The number of carbonyl (C=O) groups excluding carboxylic acids is 1. The predicted octanol–water partition coefficient (Wildman–Crippen LogP) is 4.48. The van der Waals surface area contributed by atoms with Crippen LogP contribution in [0, 0.1) is 13.8 Å². The van der Waals surface area contributed by atoms with Crippen LogP contribution in [-0.4, -0.2) is 40.1 Å². The summed E-state index contributed by atoms with van der Waals surface area (Å²) in [5, 5.41) is 2.83. The molecule has 3 rings (SSSR count). The first-order valence-corrected chi connectivity index (χ1v) is 12.9. The van der Waals surface area contributed by atoms with Crippen LogP contribution in [0.25, 0.3) is 0 Å². The summed E-state index contributed by atoms with van der Waals surface area (Å²) in [7, 11) is -4.00. The average Bonchev–Trinajstić information content (AvgIpc) is 2.83. The van der Waals surface area contributed by atoms with E-state index in [0.717, 1.165) is 15.4 Å². The van der Waals surface area contributed by atoms with E-state index in [9.17, 15) is 13.2 Å². The lowest BCUT2D eigenvalue weighted by Gasteiger charge is -2.25. The SMILES string of the molecule is CCOc1ccc(S(=O)(=O)N(CC(=O)NC(C)COc2ccc(C)cc2)c2ccc(C)cc2)cc1. The molecule has 35 heavy (non-hydrogen) atoms. The topological polar surface area (TPSA) is 84.9 Å². The van der Waals surface area contributed by atoms with Crippen LogP contribution in [0.15, 0.2) is 77.7 Å². The van der Waals surface area contributed by atoms with E-state index in [-0.39, 0.29) is 24.1 Å². The van der Waals surface area contributed by atoms with Crippen molar-refractivity contribution in [1.82, 2.24) is 5.32 Å². The van der Waals surface area contributed by atoms with Gasteiger partial charge < -0.3 is 14.8 Å². The molecule has 1 unspecified atom stereocenters. The summed E-state index contributed by atoms with van der Waals surface area (Å²) in [6, 6.07) is 20.5. The zero-order chi connectivity index (χ0) is 25.4. The molecule has 0 spiro atoms. The number of hydrogen-bond donors (Lipinski definition) is 1. The van der Waals surface area contributed by atoms with Gasteiger partial charge in [-0.25, -0.2) is 8.42 Å². The summed E-state index contributed by atoms with van der Waals surface area (Å²) in [5.41, 5.74) is 2.52. The van der Waals surface area contributed by atoms with Crippen LogP contribution in [0.5, 0.6) is 11.5 Å². The number of benzene rings is 3. The first-order chi connectivity index (χ1) is 16.7. The Kier molecular flexibility index (Phi) is 8.76. The van der Waals surface area contributed by atoms with E-state index >= 15 is 0 Å². The van der Waals surface area contributed by atoms with Crippen molar-refractivity contribution in [2.24, 2.45) is 0 Å². The van der Waals surface area contributed by atoms with E-state index in [2.05, 4.69) is 5.32 Å². The number of anilines is 1. The Morgan fingerprint density at radius 1 is 0.857 bits per heavy atom. The number of nitrogens with zero attached hydrogens (tertiary/aromatic N) is 1. The number of nitrogens with one attached hydrogen (secondary N) is 1. The monoisotopic (exact) mass is 496 g/mol. The number of carbonyl (C=O) groups is 1. The van der Waals surface area contributed by atoms with E-state index in [1.807, 2.05) is 64.1 Å². The van der Waals surface area contributed by atoms with Gasteiger partial charge in [0.25, 0.3) is 10.0 Å². The Bertz CT molecular complexity index is 1210. The number of aryl methyl sites for hydroxylation is 2. The summed E-state index contributed by atoms with van der Waals surface area (Å²) in [6.45, 7) is 7.94. The molecule has 1 amide bonds. The Morgan fingerprint density at radius 2 is 1.37 bits per heavy atom. The fourth-order valence-corrected chi connectivity index (χ4v) is 4.80. The van der Waals surface area contributed by atoms with Gasteiger partial charge in [0.05, 0.1) is 23.2 Å². The van der Waals surface area contributed by atoms with Gasteiger partial charge in [0.15, 0.2) is 0 Å². The minimum Gasteiger partial charge on any atom is -0.494 e. The van der Waals surface area contributed by atoms with Crippen LogP contribution in [0.3, 0.4) is 0 Å². The maximum atomic E-state index is 13.5. The fourth-order valence-electron chi connectivity index (χ4n) is 3.38. The van der Waals surface area contributed by atoms with Gasteiger partial charge in [0.1, 0.15) is 24.7 Å². The molecule has 0 heterocycles. The summed E-state index contributed by atoms with van der Waals surface area (Å²) in [5.74, 6) is 0.852. The minimum absolute atomic E-state index is 0.0741. The summed E-state index contributed by atoms with van der Waals surface area (Å²) in [6.07, 6.45) is 0. The largest absolute Gasteiger partial charge is 0.494 e. The van der Waals surface area contributed by atoms with Gasteiger partial charge in [0, 0.05) is 0 Å². The molecule has 0 aliphatic carbocycles. The molecule has 0 aliphatic rings. The van der Waals surface area contributed by atoms with Crippen molar-refractivity contribution < 1.29 is 22.7 Å². The summed E-state index contributed by atoms with van der Waals surface area (Å²) in [4.78, 5) is 13.0. The van der Waals surface area contributed by atoms with Crippen LogP contribution in [0.4, 0.5) is 5.69 Å². The second-order valence-corrected chi connectivity index (χ2v) is 10.2. The third-order valence-corrected chi connectivity index (χ3v) is 7.05. The first-order valence-electron chi connectivity index (χ1n) is 11.5. The maximum Gasteiger partial charge on any atom is 0.264 e. The molecule has 8 heteroatoms. The molecule has 0 fully saturated rings. The van der Waals surface area contributed by atoms with Crippen molar-refractivity contribution in [1.29, 1.82) is 0 Å². The number of sulfonamides is 1. The highest BCUT2D eigenvalue weighted by Crippen LogP contribution is 2.25. The van der Waals surface area contributed by atoms with E-state index < -0.39 is 15.9 Å². The van der Waals surface area contributed by atoms with Crippen molar-refractivity contribution in [3.05, 3.63) is 83.9 Å². The zero-order valence-corrected chi connectivity index (χ0v) is 21.3. The lowest BCUT2D eigenvalue weighted by Crippen LogP contribution is -2.45. The quantitative estimate of drug-likeness (QED) is 0.423. The number of rotatable bonds is 11. The van der Waals surface area contributed by atoms with Crippen molar-refractivity contribution in [2.45, 2.75) is 38.6 Å². The van der Waals surface area contributed by atoms with Crippen LogP contribution in [-0.2, 0) is 14.8 Å². The highest BCUT2D eigenvalue weighted by molar-refractivity contribution is 7.92. The predicted molar refractivity (Wildman–Crippen MR) is 138 cm³/mol. The van der Waals surface area contributed by atoms with Crippen LogP contribution >= 0.6 is 0 Å². The van der Waals surface area contributed by atoms with Gasteiger partial charge in [-0.3, -0.25) is 9.10 Å². The van der Waals surface area contributed by atoms with Crippen LogP contribution in [0.2, 0.25) is 0 Å². The van der Waals surface area contributed by atoms with Crippen molar-refractivity contribution >= 4 is 21.6 Å². The molecule has 1 N–H and O–H groups in total. The highest BCUT2D eigenvalue weighted by atomic mass is 32.2. The number of amides is 1. The standard InChI is InChI=1S/C27H32N2O5S/c1-5-33-24-14-16-26(17-15-24)35(31,32)29(23-10-6-20(2)7-11-23)18-27(30)28-22(4)19-34-25-12-8-21(3)9-13-25/h6-17,22H,5,18-19H2,1-4H3,(H,28,30). The molecule has 3 aromatic rings. The summed E-state index contributed by atoms with van der Waals surface area (Å²) >= 11 is 0. The number of ether oxygens (including phenoxy) is 2. The second-order valence-electron chi connectivity index (χ2n) is 8.34. The van der Waals surface area contributed by atoms with Crippen LogP contribution in [0.1, 0.15) is 25.0 Å².